The van der Waals surface area contributed by atoms with Crippen molar-refractivity contribution < 1.29 is 9.59 Å². The lowest BCUT2D eigenvalue weighted by Gasteiger charge is -1.90. The molecule has 0 N–H and O–H groups in total. The summed E-state index contributed by atoms with van der Waals surface area (Å²) in [6.07, 6.45) is 1.63. The predicted molar refractivity (Wildman–Crippen MR) is 99.9 cm³/mol. The molecule has 0 amide bonds. The quantitative estimate of drug-likeness (QED) is 0.518. The predicted octanol–water partition coefficient (Wildman–Crippen LogP) is 4.17. The third-order valence-electron chi connectivity index (χ3n) is 3.36. The Morgan fingerprint density at radius 2 is 0.960 bits per heavy atom. The molecule has 0 radical (unpaired) electrons. The first-order chi connectivity index (χ1) is 12.3. The van der Waals surface area contributed by atoms with Crippen LogP contribution in [-0.2, 0) is 0 Å². The van der Waals surface area contributed by atoms with Crippen molar-refractivity contribution in [1.82, 2.24) is 0 Å². The molecule has 0 aliphatic rings. The molecule has 3 rings (SSSR count). The summed E-state index contributed by atoms with van der Waals surface area (Å²) in [4.78, 5) is 23.1. The van der Waals surface area contributed by atoms with E-state index in [1.807, 2.05) is 36.4 Å². The minimum atomic E-state index is 0.639. The van der Waals surface area contributed by atoms with E-state index in [4.69, 9.17) is 0 Å². The van der Waals surface area contributed by atoms with Crippen molar-refractivity contribution >= 4 is 23.9 Å². The molecule has 1 aromatic heterocycles. The maximum absolute atomic E-state index is 10.6. The minimum Gasteiger partial charge on any atom is -0.298 e. The van der Waals surface area contributed by atoms with E-state index in [2.05, 4.69) is 23.7 Å². The van der Waals surface area contributed by atoms with E-state index in [1.165, 1.54) is 11.3 Å². The normalized spacial score (nSPS) is 9.28. The van der Waals surface area contributed by atoms with E-state index >= 15 is 0 Å². The Hall–Kier alpha value is -3.40. The smallest absolute Gasteiger partial charge is 0.150 e. The highest BCUT2D eigenvalue weighted by Gasteiger charge is 1.95. The minimum absolute atomic E-state index is 0.639. The van der Waals surface area contributed by atoms with E-state index in [1.54, 1.807) is 24.3 Å². The summed E-state index contributed by atoms with van der Waals surface area (Å²) < 4.78 is 0. The van der Waals surface area contributed by atoms with Gasteiger partial charge in [-0.15, -0.1) is 11.3 Å². The van der Waals surface area contributed by atoms with Crippen LogP contribution in [0.3, 0.4) is 0 Å². The molecule has 25 heavy (non-hydrogen) atoms. The average molecular weight is 340 g/mol. The van der Waals surface area contributed by atoms with Crippen LogP contribution in [0.25, 0.3) is 0 Å². The van der Waals surface area contributed by atoms with Crippen LogP contribution in [0.2, 0.25) is 0 Å². The van der Waals surface area contributed by atoms with Gasteiger partial charge in [0.25, 0.3) is 0 Å². The highest BCUT2D eigenvalue weighted by atomic mass is 32.1. The second-order valence-electron chi connectivity index (χ2n) is 5.14. The first-order valence-electron chi connectivity index (χ1n) is 7.51. The van der Waals surface area contributed by atoms with E-state index < -0.39 is 0 Å². The topological polar surface area (TPSA) is 34.1 Å². The van der Waals surface area contributed by atoms with Gasteiger partial charge in [0.05, 0.1) is 9.75 Å². The molecule has 0 saturated heterocycles. The van der Waals surface area contributed by atoms with Gasteiger partial charge in [0, 0.05) is 22.3 Å². The van der Waals surface area contributed by atoms with Crippen molar-refractivity contribution in [3.8, 4) is 23.7 Å². The van der Waals surface area contributed by atoms with Crippen molar-refractivity contribution in [3.63, 3.8) is 0 Å². The summed E-state index contributed by atoms with van der Waals surface area (Å²) in [7, 11) is 0. The van der Waals surface area contributed by atoms with E-state index in [9.17, 15) is 9.59 Å². The van der Waals surface area contributed by atoms with Gasteiger partial charge < -0.3 is 0 Å². The number of rotatable bonds is 2. The van der Waals surface area contributed by atoms with Gasteiger partial charge in [-0.05, 0) is 36.4 Å². The zero-order valence-electron chi connectivity index (χ0n) is 13.2. The molecule has 0 aliphatic heterocycles. The molecular formula is C22H12O2S. The van der Waals surface area contributed by atoms with Gasteiger partial charge in [0.2, 0.25) is 0 Å². The van der Waals surface area contributed by atoms with Gasteiger partial charge in [-0.3, -0.25) is 9.59 Å². The van der Waals surface area contributed by atoms with E-state index in [0.29, 0.717) is 11.1 Å². The Bertz CT molecular complexity index is 934. The summed E-state index contributed by atoms with van der Waals surface area (Å²) in [6.45, 7) is 0. The Morgan fingerprint density at radius 1 is 0.560 bits per heavy atom. The second kappa shape index (κ2) is 7.93. The third kappa shape index (κ3) is 4.54. The number of hydrogen-bond donors (Lipinski definition) is 0. The fourth-order valence-corrected chi connectivity index (χ4v) is 2.74. The standard InChI is InChI=1S/C22H12O2S/c23-15-19-5-1-17(2-6-19)9-11-21-13-14-22(25-21)12-10-18-3-7-20(16-24)8-4-18/h1-8,13-16H. The molecule has 3 aromatic rings. The molecule has 0 aliphatic carbocycles. The first kappa shape index (κ1) is 16.5. The molecule has 0 saturated carbocycles. The molecule has 0 fully saturated rings. The fourth-order valence-electron chi connectivity index (χ4n) is 2.03. The van der Waals surface area contributed by atoms with Crippen LogP contribution >= 0.6 is 11.3 Å². The van der Waals surface area contributed by atoms with Crippen molar-refractivity contribution in [1.29, 1.82) is 0 Å². The number of carbonyl (C=O) groups is 2. The average Bonchev–Trinajstić information content (AvgIpc) is 3.13. The summed E-state index contributed by atoms with van der Waals surface area (Å²) in [5.41, 5.74) is 3.00. The van der Waals surface area contributed by atoms with Crippen LogP contribution < -0.4 is 0 Å². The number of hydrogen-bond acceptors (Lipinski definition) is 3. The summed E-state index contributed by atoms with van der Waals surface area (Å²) in [6, 6.07) is 18.2. The highest BCUT2D eigenvalue weighted by molar-refractivity contribution is 7.13. The van der Waals surface area contributed by atoms with Crippen molar-refractivity contribution in [2.75, 3.05) is 0 Å². The molecule has 3 heteroatoms. The zero-order valence-corrected chi connectivity index (χ0v) is 14.0. The number of aldehydes is 2. The molecule has 118 valence electrons. The first-order valence-corrected chi connectivity index (χ1v) is 8.33. The Labute approximate surface area is 150 Å². The second-order valence-corrected chi connectivity index (χ2v) is 6.23. The van der Waals surface area contributed by atoms with Gasteiger partial charge in [-0.2, -0.15) is 0 Å². The summed E-state index contributed by atoms with van der Waals surface area (Å²) >= 11 is 1.53. The lowest BCUT2D eigenvalue weighted by Crippen LogP contribution is -1.79. The van der Waals surface area contributed by atoms with Crippen LogP contribution in [-0.4, -0.2) is 12.6 Å². The van der Waals surface area contributed by atoms with E-state index in [0.717, 1.165) is 33.5 Å². The Morgan fingerprint density at radius 3 is 1.32 bits per heavy atom. The van der Waals surface area contributed by atoms with Crippen LogP contribution in [0.4, 0.5) is 0 Å². The van der Waals surface area contributed by atoms with Gasteiger partial charge in [-0.25, -0.2) is 0 Å². The van der Waals surface area contributed by atoms with Gasteiger partial charge in [0.1, 0.15) is 12.6 Å². The molecule has 2 aromatic carbocycles. The maximum atomic E-state index is 10.6. The van der Waals surface area contributed by atoms with Gasteiger partial charge in [0.15, 0.2) is 0 Å². The molecule has 0 atom stereocenters. The Kier molecular flexibility index (Phi) is 5.22. The Balaban J connectivity index is 1.72. The number of thiophene rings is 1. The number of benzene rings is 2. The van der Waals surface area contributed by atoms with Crippen LogP contribution in [0, 0.1) is 23.7 Å². The van der Waals surface area contributed by atoms with E-state index in [-0.39, 0.29) is 0 Å². The maximum Gasteiger partial charge on any atom is 0.150 e. The fraction of sp³-hybridized carbons (Fsp3) is 0. The summed E-state index contributed by atoms with van der Waals surface area (Å²) in [5.74, 6) is 12.4. The SMILES string of the molecule is O=Cc1ccc(C#Cc2ccc(C#Cc3ccc(C=O)cc3)s2)cc1. The lowest BCUT2D eigenvalue weighted by molar-refractivity contribution is 0.111. The van der Waals surface area contributed by atoms with Gasteiger partial charge in [-0.1, -0.05) is 47.9 Å². The zero-order chi connectivity index (χ0) is 17.5. The molecule has 2 nitrogen and oxygen atoms in total. The van der Waals surface area contributed by atoms with Crippen molar-refractivity contribution in [2.45, 2.75) is 0 Å². The lowest BCUT2D eigenvalue weighted by atomic mass is 10.1. The van der Waals surface area contributed by atoms with Crippen LogP contribution in [0.5, 0.6) is 0 Å². The molecule has 0 bridgehead atoms. The van der Waals surface area contributed by atoms with Crippen LogP contribution in [0.1, 0.15) is 41.6 Å². The highest BCUT2D eigenvalue weighted by Crippen LogP contribution is 2.14. The molecule has 1 heterocycles. The van der Waals surface area contributed by atoms with Crippen molar-refractivity contribution in [2.24, 2.45) is 0 Å². The van der Waals surface area contributed by atoms with Gasteiger partial charge >= 0.3 is 0 Å². The molecular weight excluding hydrogens is 328 g/mol. The molecule has 0 spiro atoms. The van der Waals surface area contributed by atoms with Crippen LogP contribution in [0.15, 0.2) is 60.7 Å². The summed E-state index contributed by atoms with van der Waals surface area (Å²) in [5, 5.41) is 0. The monoisotopic (exact) mass is 340 g/mol. The molecule has 0 unspecified atom stereocenters. The van der Waals surface area contributed by atoms with Crippen molar-refractivity contribution in [3.05, 3.63) is 92.7 Å². The number of carbonyl (C=O) groups excluding carboxylic acids is 2. The third-order valence-corrected chi connectivity index (χ3v) is 4.28. The largest absolute Gasteiger partial charge is 0.298 e.